The molecule has 0 aromatic heterocycles. The van der Waals surface area contributed by atoms with Crippen LogP contribution in [0.4, 0.5) is 32.0 Å². The third-order valence-corrected chi connectivity index (χ3v) is 14.9. The van der Waals surface area contributed by atoms with Crippen LogP contribution in [0, 0.1) is 48.1 Å². The zero-order valence-electron chi connectivity index (χ0n) is 55.0. The van der Waals surface area contributed by atoms with E-state index in [1.165, 1.54) is 68.8 Å². The van der Waals surface area contributed by atoms with Crippen LogP contribution < -0.4 is 9.47 Å². The molecule has 12 heteroatoms. The summed E-state index contributed by atoms with van der Waals surface area (Å²) in [5.41, 5.74) is 21.2. The Kier molecular flexibility index (Phi) is 26.4. The number of methoxy groups -OCH3 is 1. The lowest BCUT2D eigenvalue weighted by atomic mass is 10.0. The number of rotatable bonds is 10. The number of carboxylic acids is 1. The van der Waals surface area contributed by atoms with E-state index >= 15 is 0 Å². The van der Waals surface area contributed by atoms with Crippen molar-refractivity contribution < 1.29 is 50.5 Å². The highest BCUT2D eigenvalue weighted by Crippen LogP contribution is 2.33. The minimum Gasteiger partial charge on any atom is -0.497 e. The molecule has 0 aliphatic heterocycles. The molecule has 0 spiro atoms. The first-order valence-corrected chi connectivity index (χ1v) is 30.8. The van der Waals surface area contributed by atoms with Gasteiger partial charge in [-0.15, -0.1) is 13.2 Å². The predicted molar refractivity (Wildman–Crippen MR) is 381 cm³/mol. The molecule has 0 saturated carbocycles. The van der Waals surface area contributed by atoms with E-state index in [0.29, 0.717) is 11.3 Å². The SMILES string of the molecule is CC(=O)c1ccc(-c2cccc(C)c2)cc1.COc1ccc(-c2cccc(C)c2)cc1.Cc1cccc(-c2ccc(C(=O)O)cc2)c1.Cc1cccc(-c2ccc(C(F)(F)F)cc2)c1.Cc1cccc(-c2ccc(OC(F)(F)F)cc2)c1.[C-]#[N+]c1ccc(-c2cccc(C)c2)cc1. The molecule has 12 aromatic carbocycles. The van der Waals surface area contributed by atoms with Crippen molar-refractivity contribution in [3.63, 3.8) is 0 Å². The lowest BCUT2D eigenvalue weighted by Gasteiger charge is -2.09. The van der Waals surface area contributed by atoms with E-state index in [1.807, 2.05) is 172 Å². The fourth-order valence-corrected chi connectivity index (χ4v) is 9.86. The standard InChI is InChI=1S/C15H14O.C14H11F3O.C14H11F3.C14H11N.C14H12O2.C14H14O/c1-11-4-3-5-15(10-11)14-8-6-13(7-9-14)12(2)16;1-10-3-2-4-12(9-10)11-5-7-13(8-6-11)18-14(15,16)17;1-10-3-2-4-12(9-10)11-5-7-13(8-6-11)14(15,16)17;1-11-4-3-5-13(10-11)12-6-8-14(15-2)9-7-12;1-10-3-2-4-13(9-10)11-5-7-12(8-6-11)14(15)16;1-11-4-3-5-13(10-11)12-6-8-14(15-2)9-7-12/h3-10H,1-2H3;2-9H,1H3;2-9H,1H3;3-10H,1H3;2-9H,1H3,(H,15,16);3-10H,1-2H3. The Balaban J connectivity index is 0.000000164. The zero-order valence-corrected chi connectivity index (χ0v) is 55.0. The van der Waals surface area contributed by atoms with Crippen molar-refractivity contribution >= 4 is 17.4 Å². The molecule has 1 N–H and O–H groups in total. The monoisotopic (exact) mass is 1300 g/mol. The second-order valence-corrected chi connectivity index (χ2v) is 22.8. The summed E-state index contributed by atoms with van der Waals surface area (Å²) in [6, 6.07) is 90.2. The second kappa shape index (κ2) is 35.1. The number of alkyl halides is 6. The summed E-state index contributed by atoms with van der Waals surface area (Å²) in [7, 11) is 1.68. The molecule has 0 atom stereocenters. The van der Waals surface area contributed by atoms with Gasteiger partial charge in [-0.05, 0) is 164 Å². The summed E-state index contributed by atoms with van der Waals surface area (Å²) in [4.78, 5) is 25.2. The summed E-state index contributed by atoms with van der Waals surface area (Å²) < 4.78 is 82.1. The minimum atomic E-state index is -4.65. The van der Waals surface area contributed by atoms with Gasteiger partial charge < -0.3 is 14.6 Å². The van der Waals surface area contributed by atoms with Gasteiger partial charge >= 0.3 is 18.5 Å². The Labute approximate surface area is 564 Å². The first-order chi connectivity index (χ1) is 46.3. The van der Waals surface area contributed by atoms with E-state index in [-0.39, 0.29) is 11.5 Å². The molecule has 0 fully saturated rings. The van der Waals surface area contributed by atoms with E-state index in [1.54, 1.807) is 38.3 Å². The number of benzene rings is 12. The van der Waals surface area contributed by atoms with Crippen molar-refractivity contribution in [1.82, 2.24) is 0 Å². The summed E-state index contributed by atoms with van der Waals surface area (Å²) in [6.45, 7) is 20.7. The number of aromatic carboxylic acids is 1. The molecule has 97 heavy (non-hydrogen) atoms. The Morgan fingerprint density at radius 1 is 0.351 bits per heavy atom. The second-order valence-electron chi connectivity index (χ2n) is 22.8. The third-order valence-electron chi connectivity index (χ3n) is 14.9. The maximum atomic E-state index is 12.4. The molecule has 0 unspecified atom stereocenters. The van der Waals surface area contributed by atoms with Crippen LogP contribution in [0.2, 0.25) is 0 Å². The first kappa shape index (κ1) is 72.9. The molecular weight excluding hydrogens is 1230 g/mol. The van der Waals surface area contributed by atoms with E-state index in [9.17, 15) is 35.9 Å². The van der Waals surface area contributed by atoms with Gasteiger partial charge in [-0.25, -0.2) is 9.64 Å². The highest BCUT2D eigenvalue weighted by atomic mass is 19.4. The van der Waals surface area contributed by atoms with Crippen LogP contribution in [-0.2, 0) is 6.18 Å². The molecule has 12 aromatic rings. The fraction of sp³-hybridized carbons (Fsp3) is 0.118. The normalized spacial score (nSPS) is 10.5. The number of nitrogens with zero attached hydrogens (tertiary/aromatic N) is 1. The van der Waals surface area contributed by atoms with Gasteiger partial charge in [-0.2, -0.15) is 13.2 Å². The number of hydrogen-bond acceptors (Lipinski definition) is 4. The van der Waals surface area contributed by atoms with Crippen molar-refractivity contribution in [2.45, 2.75) is 61.0 Å². The van der Waals surface area contributed by atoms with Gasteiger partial charge in [0.25, 0.3) is 0 Å². The van der Waals surface area contributed by atoms with Crippen molar-refractivity contribution in [2.75, 3.05) is 7.11 Å². The van der Waals surface area contributed by atoms with Crippen LogP contribution in [0.3, 0.4) is 0 Å². The lowest BCUT2D eigenvalue weighted by molar-refractivity contribution is -0.274. The highest BCUT2D eigenvalue weighted by molar-refractivity contribution is 5.94. The number of ketones is 1. The number of Topliss-reactive ketones (excluding diaryl/α,β-unsaturated/α-hetero) is 1. The zero-order chi connectivity index (χ0) is 70.1. The Morgan fingerprint density at radius 3 is 0.845 bits per heavy atom. The quantitative estimate of drug-likeness (QED) is 0.0839. The van der Waals surface area contributed by atoms with E-state index < -0.39 is 24.1 Å². The van der Waals surface area contributed by atoms with Crippen molar-refractivity contribution in [2.24, 2.45) is 0 Å². The molecular formula is C85H73F6NO5. The summed E-state index contributed by atoms with van der Waals surface area (Å²) in [5.74, 6) is -0.100. The first-order valence-electron chi connectivity index (χ1n) is 30.8. The van der Waals surface area contributed by atoms with Gasteiger partial charge in [-0.1, -0.05) is 276 Å². The molecule has 490 valence electrons. The number of carbonyl (C=O) groups excluding carboxylic acids is 1. The topological polar surface area (TPSA) is 77.2 Å². The van der Waals surface area contributed by atoms with Gasteiger partial charge in [0.05, 0.1) is 24.8 Å². The fourth-order valence-electron chi connectivity index (χ4n) is 9.86. The van der Waals surface area contributed by atoms with Crippen LogP contribution in [0.1, 0.15) is 66.6 Å². The molecule has 12 rings (SSSR count). The van der Waals surface area contributed by atoms with Gasteiger partial charge in [0.2, 0.25) is 0 Å². The van der Waals surface area contributed by atoms with Gasteiger partial charge in [0.15, 0.2) is 11.5 Å². The van der Waals surface area contributed by atoms with Gasteiger partial charge in [0, 0.05) is 5.56 Å². The van der Waals surface area contributed by atoms with E-state index in [2.05, 4.69) is 109 Å². The summed E-state index contributed by atoms with van der Waals surface area (Å²) in [5, 5.41) is 8.79. The number of hydrogen-bond donors (Lipinski definition) is 1. The summed E-state index contributed by atoms with van der Waals surface area (Å²) in [6.07, 6.45) is -8.92. The Hall–Kier alpha value is -11.6. The number of carbonyl (C=O) groups is 2. The molecule has 0 aliphatic rings. The predicted octanol–water partition coefficient (Wildman–Crippen LogP) is 24.3. The number of ether oxygens (including phenoxy) is 2. The molecule has 0 radical (unpaired) electrons. The van der Waals surface area contributed by atoms with Crippen LogP contribution in [0.15, 0.2) is 291 Å². The average molecular weight is 1300 g/mol. The van der Waals surface area contributed by atoms with Crippen LogP contribution >= 0.6 is 0 Å². The van der Waals surface area contributed by atoms with Crippen LogP contribution in [-0.4, -0.2) is 30.3 Å². The van der Waals surface area contributed by atoms with Gasteiger partial charge in [-0.3, -0.25) is 4.79 Å². The Bertz CT molecular complexity index is 4440. The molecule has 0 amide bonds. The molecule has 0 saturated heterocycles. The number of halogens is 6. The van der Waals surface area contributed by atoms with Crippen molar-refractivity contribution in [3.8, 4) is 78.3 Å². The van der Waals surface area contributed by atoms with E-state index in [4.69, 9.17) is 16.4 Å². The molecule has 0 aliphatic carbocycles. The van der Waals surface area contributed by atoms with Gasteiger partial charge in [0.1, 0.15) is 11.5 Å². The van der Waals surface area contributed by atoms with Crippen LogP contribution in [0.25, 0.3) is 71.6 Å². The maximum Gasteiger partial charge on any atom is 0.573 e. The lowest BCUT2D eigenvalue weighted by Crippen LogP contribution is -2.16. The number of aryl methyl sites for hydroxylation is 6. The van der Waals surface area contributed by atoms with Crippen molar-refractivity contribution in [1.29, 1.82) is 0 Å². The largest absolute Gasteiger partial charge is 0.573 e. The minimum absolute atomic E-state index is 0.107. The maximum absolute atomic E-state index is 12.4. The van der Waals surface area contributed by atoms with E-state index in [0.717, 1.165) is 79.1 Å². The Morgan fingerprint density at radius 2 is 0.608 bits per heavy atom. The average Bonchev–Trinajstić information content (AvgIpc) is 0.930. The molecule has 6 nitrogen and oxygen atoms in total. The highest BCUT2D eigenvalue weighted by Gasteiger charge is 2.31. The van der Waals surface area contributed by atoms with Crippen molar-refractivity contribution in [3.05, 3.63) is 353 Å². The number of carboxylic acid groups (broad SMARTS) is 1. The third kappa shape index (κ3) is 23.8. The molecule has 0 bridgehead atoms. The molecule has 0 heterocycles. The smallest absolute Gasteiger partial charge is 0.497 e. The summed E-state index contributed by atoms with van der Waals surface area (Å²) >= 11 is 0. The van der Waals surface area contributed by atoms with Crippen LogP contribution in [0.5, 0.6) is 11.5 Å².